The van der Waals surface area contributed by atoms with Crippen molar-refractivity contribution in [3.63, 3.8) is 0 Å². The first-order valence-electron chi connectivity index (χ1n) is 19.1. The lowest BCUT2D eigenvalue weighted by Gasteiger charge is -2.29. The Kier molecular flexibility index (Phi) is 14.2. The largest absolute Gasteiger partial charge is 0.453 e. The molecule has 6 rings (SSSR count). The normalized spacial score (nSPS) is 18.9. The molecule has 0 spiro atoms. The number of carbonyl (C=O) groups is 4. The van der Waals surface area contributed by atoms with Gasteiger partial charge in [-0.15, -0.1) is 0 Å². The van der Waals surface area contributed by atoms with E-state index in [4.69, 9.17) is 21.3 Å². The maximum absolute atomic E-state index is 13.6. The van der Waals surface area contributed by atoms with Crippen molar-refractivity contribution in [3.8, 4) is 33.6 Å². The number of hydrogen-bond acceptors (Lipinski definition) is 10. The van der Waals surface area contributed by atoms with E-state index >= 15 is 0 Å². The Morgan fingerprint density at radius 1 is 0.881 bits per heavy atom. The number of halogens is 3. The Morgan fingerprint density at radius 3 is 2.12 bits per heavy atom. The summed E-state index contributed by atoms with van der Waals surface area (Å²) in [6.45, 7) is 0.737. The van der Waals surface area contributed by atoms with Gasteiger partial charge in [0.2, 0.25) is 11.8 Å². The van der Waals surface area contributed by atoms with Crippen LogP contribution in [0.1, 0.15) is 56.8 Å². The first-order chi connectivity index (χ1) is 28.3. The van der Waals surface area contributed by atoms with Gasteiger partial charge < -0.3 is 44.6 Å². The van der Waals surface area contributed by atoms with Crippen LogP contribution < -0.4 is 10.6 Å². The van der Waals surface area contributed by atoms with Gasteiger partial charge in [-0.1, -0.05) is 74.0 Å². The number of aromatic nitrogens is 4. The SMILES string of the molecule is COC(=O)N[C@@H](COC(F)F)C(=O)N1C[C@@H](SC)C[C@H]1c1ncc(-c2ccc(-c3ccc(-c4nc([C@@H]5CCCN5C(=O)[C@@H](NC(=O)OC)C(C)C)[nH]c4Cl)cc3)cc2)[nH]1. The van der Waals surface area contributed by atoms with Crippen LogP contribution in [-0.4, -0.2) is 118 Å². The summed E-state index contributed by atoms with van der Waals surface area (Å²) in [5.41, 5.74) is 4.85. The molecule has 19 heteroatoms. The van der Waals surface area contributed by atoms with Gasteiger partial charge in [0.25, 0.3) is 0 Å². The van der Waals surface area contributed by atoms with E-state index < -0.39 is 49.4 Å². The van der Waals surface area contributed by atoms with Gasteiger partial charge >= 0.3 is 18.8 Å². The molecule has 4 N–H and O–H groups in total. The predicted octanol–water partition coefficient (Wildman–Crippen LogP) is 6.80. The summed E-state index contributed by atoms with van der Waals surface area (Å²) >= 11 is 8.26. The van der Waals surface area contributed by atoms with Crippen LogP contribution >= 0.6 is 23.4 Å². The number of alkyl carbamates (subject to hydrolysis) is 2. The van der Waals surface area contributed by atoms with Crippen LogP contribution in [0.2, 0.25) is 5.15 Å². The monoisotopic (exact) mass is 856 g/mol. The number of methoxy groups -OCH3 is 2. The molecule has 4 heterocycles. The number of ether oxygens (including phenoxy) is 3. The van der Waals surface area contributed by atoms with Gasteiger partial charge in [0.1, 0.15) is 34.6 Å². The number of aromatic amines is 2. The molecule has 0 aliphatic carbocycles. The molecular formula is C40H47ClF2N8O7S. The third kappa shape index (κ3) is 9.99. The molecule has 59 heavy (non-hydrogen) atoms. The summed E-state index contributed by atoms with van der Waals surface area (Å²) in [5.74, 6) is 0.161. The van der Waals surface area contributed by atoms with Crippen LogP contribution in [0.25, 0.3) is 33.6 Å². The van der Waals surface area contributed by atoms with Crippen molar-refractivity contribution in [3.05, 3.63) is 71.5 Å². The number of rotatable bonds is 14. The van der Waals surface area contributed by atoms with Crippen LogP contribution in [0.3, 0.4) is 0 Å². The lowest BCUT2D eigenvalue weighted by molar-refractivity contribution is -0.150. The minimum atomic E-state index is -3.12. The lowest BCUT2D eigenvalue weighted by atomic mass is 10.0. The second-order valence-corrected chi connectivity index (χ2v) is 16.1. The molecule has 15 nitrogen and oxygen atoms in total. The van der Waals surface area contributed by atoms with Gasteiger partial charge in [0.15, 0.2) is 0 Å². The van der Waals surface area contributed by atoms with E-state index in [0.717, 1.165) is 41.5 Å². The fraction of sp³-hybridized carbons (Fsp3) is 0.450. The average molecular weight is 857 g/mol. The van der Waals surface area contributed by atoms with Crippen molar-refractivity contribution in [1.29, 1.82) is 0 Å². The minimum absolute atomic E-state index is 0.0539. The van der Waals surface area contributed by atoms with Gasteiger partial charge in [0.05, 0.1) is 44.8 Å². The number of thioether (sulfide) groups is 1. The molecule has 4 aromatic rings. The maximum Gasteiger partial charge on any atom is 0.407 e. The van der Waals surface area contributed by atoms with E-state index in [1.165, 1.54) is 12.0 Å². The fourth-order valence-corrected chi connectivity index (χ4v) is 8.38. The molecular weight excluding hydrogens is 810 g/mol. The summed E-state index contributed by atoms with van der Waals surface area (Å²) in [4.78, 5) is 70.4. The first kappa shape index (κ1) is 43.4. The smallest absolute Gasteiger partial charge is 0.407 e. The number of benzene rings is 2. The molecule has 0 radical (unpaired) electrons. The summed E-state index contributed by atoms with van der Waals surface area (Å²) < 4.78 is 39.5. The van der Waals surface area contributed by atoms with Gasteiger partial charge in [-0.3, -0.25) is 9.59 Å². The van der Waals surface area contributed by atoms with Crippen molar-refractivity contribution in [2.45, 2.75) is 69.1 Å². The number of imidazole rings is 2. The highest BCUT2D eigenvalue weighted by Gasteiger charge is 2.41. The Hall–Kier alpha value is -5.20. The number of likely N-dealkylation sites (tertiary alicyclic amines) is 2. The van der Waals surface area contributed by atoms with Crippen LogP contribution in [0.15, 0.2) is 54.7 Å². The second-order valence-electron chi connectivity index (χ2n) is 14.6. The molecule has 0 saturated carbocycles. The first-order valence-corrected chi connectivity index (χ1v) is 20.7. The van der Waals surface area contributed by atoms with Gasteiger partial charge in [-0.05, 0) is 48.1 Å². The third-order valence-corrected chi connectivity index (χ3v) is 11.8. The van der Waals surface area contributed by atoms with Gasteiger partial charge in [-0.2, -0.15) is 20.5 Å². The molecule has 2 fully saturated rings. The zero-order valence-corrected chi connectivity index (χ0v) is 34.7. The van der Waals surface area contributed by atoms with Crippen molar-refractivity contribution in [1.82, 2.24) is 40.4 Å². The Bertz CT molecular complexity index is 2100. The fourth-order valence-electron chi connectivity index (χ4n) is 7.44. The van der Waals surface area contributed by atoms with Crippen LogP contribution in [0.5, 0.6) is 0 Å². The molecule has 0 unspecified atom stereocenters. The van der Waals surface area contributed by atoms with Crippen molar-refractivity contribution in [2.24, 2.45) is 5.92 Å². The van der Waals surface area contributed by atoms with Crippen LogP contribution in [-0.2, 0) is 23.8 Å². The van der Waals surface area contributed by atoms with Gasteiger partial charge in [0, 0.05) is 23.9 Å². The zero-order chi connectivity index (χ0) is 42.4. The van der Waals surface area contributed by atoms with E-state index in [2.05, 4.69) is 35.1 Å². The molecule has 2 aromatic carbocycles. The standard InChI is InChI=1S/C40H47ClF2N8O7S/c1-21(2)31(48-40(55)57-4)37(53)50-16-6-7-29(50)35-47-32(33(41)49-35)25-14-10-23(11-15-25)22-8-12-24(13-9-22)27-18-44-34(45-27)30-17-26(59-5)19-51(30)36(52)28(20-58-38(42)43)46-39(54)56-3/h8-15,18,21,26,28-31,38H,6-7,16-17,19-20H2,1-5H3,(H,44,45)(H,46,54)(H,47,49)(H,48,55)/t26-,28-,29-,30-,31-/m0/s1. The molecule has 2 aromatic heterocycles. The quantitative estimate of drug-likeness (QED) is 0.105. The van der Waals surface area contributed by atoms with E-state index in [0.29, 0.717) is 48.4 Å². The van der Waals surface area contributed by atoms with E-state index in [1.807, 2.05) is 68.6 Å². The Balaban J connectivity index is 1.14. The molecule has 2 aliphatic heterocycles. The van der Waals surface area contributed by atoms with E-state index in [-0.39, 0.29) is 23.1 Å². The predicted molar refractivity (Wildman–Crippen MR) is 218 cm³/mol. The molecule has 316 valence electrons. The summed E-state index contributed by atoms with van der Waals surface area (Å²) in [6.07, 6.45) is 4.05. The van der Waals surface area contributed by atoms with Gasteiger partial charge in [-0.25, -0.2) is 19.6 Å². The van der Waals surface area contributed by atoms with E-state index in [1.54, 1.807) is 22.9 Å². The number of H-pyrrole nitrogens is 2. The highest BCUT2D eigenvalue weighted by molar-refractivity contribution is 7.99. The Labute approximate surface area is 349 Å². The molecule has 2 aliphatic rings. The average Bonchev–Trinajstić information content (AvgIpc) is 4.07. The number of carbonyl (C=O) groups excluding carboxylic acids is 4. The zero-order valence-electron chi connectivity index (χ0n) is 33.2. The Morgan fingerprint density at radius 2 is 1.51 bits per heavy atom. The molecule has 5 atom stereocenters. The number of nitrogens with zero attached hydrogens (tertiary/aromatic N) is 4. The van der Waals surface area contributed by atoms with Crippen molar-refractivity contribution in [2.75, 3.05) is 40.2 Å². The number of nitrogens with one attached hydrogen (secondary N) is 4. The summed E-state index contributed by atoms with van der Waals surface area (Å²) in [7, 11) is 2.38. The number of hydrogen-bond donors (Lipinski definition) is 4. The molecule has 4 amide bonds. The highest BCUT2D eigenvalue weighted by atomic mass is 35.5. The summed E-state index contributed by atoms with van der Waals surface area (Å²) in [6, 6.07) is 12.7. The minimum Gasteiger partial charge on any atom is -0.453 e. The van der Waals surface area contributed by atoms with Crippen molar-refractivity contribution >= 4 is 47.4 Å². The number of amides is 4. The summed E-state index contributed by atoms with van der Waals surface area (Å²) in [5, 5.41) is 5.39. The molecule has 0 bridgehead atoms. The lowest BCUT2D eigenvalue weighted by Crippen LogP contribution is -2.51. The topological polar surface area (TPSA) is 184 Å². The number of alkyl halides is 2. The highest BCUT2D eigenvalue weighted by Crippen LogP contribution is 2.38. The molecule has 2 saturated heterocycles. The maximum atomic E-state index is 13.6. The third-order valence-electron chi connectivity index (χ3n) is 10.6. The van der Waals surface area contributed by atoms with Crippen molar-refractivity contribution < 1.29 is 42.2 Å². The van der Waals surface area contributed by atoms with Crippen LogP contribution in [0, 0.1) is 5.92 Å². The second kappa shape index (κ2) is 19.2. The van der Waals surface area contributed by atoms with Crippen LogP contribution in [0.4, 0.5) is 18.4 Å². The van der Waals surface area contributed by atoms with E-state index in [9.17, 15) is 28.0 Å².